The Hall–Kier alpha value is -0.880. The molecule has 7 heteroatoms. The minimum atomic E-state index is -4.14. The zero-order chi connectivity index (χ0) is 10.9. The van der Waals surface area contributed by atoms with E-state index in [2.05, 4.69) is 4.74 Å². The fourth-order valence-corrected chi connectivity index (χ4v) is 1.89. The van der Waals surface area contributed by atoms with Gasteiger partial charge >= 0.3 is 0 Å². The summed E-state index contributed by atoms with van der Waals surface area (Å²) >= 11 is 0. The molecule has 0 aliphatic heterocycles. The van der Waals surface area contributed by atoms with Gasteiger partial charge in [0, 0.05) is 10.7 Å². The van der Waals surface area contributed by atoms with Crippen molar-refractivity contribution in [2.75, 3.05) is 7.11 Å². The van der Waals surface area contributed by atoms with E-state index in [0.717, 1.165) is 13.2 Å². The van der Waals surface area contributed by atoms with Crippen molar-refractivity contribution in [3.8, 4) is 5.75 Å². The van der Waals surface area contributed by atoms with Crippen LogP contribution in [0.4, 0.5) is 8.78 Å². The highest BCUT2D eigenvalue weighted by atomic mass is 35.7. The van der Waals surface area contributed by atoms with Gasteiger partial charge in [-0.05, 0) is 12.1 Å². The second kappa shape index (κ2) is 3.70. The molecule has 0 spiro atoms. The van der Waals surface area contributed by atoms with E-state index >= 15 is 0 Å². The fraction of sp³-hybridized carbons (Fsp3) is 0.143. The van der Waals surface area contributed by atoms with Crippen molar-refractivity contribution in [3.05, 3.63) is 23.8 Å². The van der Waals surface area contributed by atoms with E-state index in [1.165, 1.54) is 0 Å². The maximum absolute atomic E-state index is 13.0. The van der Waals surface area contributed by atoms with Crippen LogP contribution in [-0.4, -0.2) is 15.5 Å². The number of benzene rings is 1. The van der Waals surface area contributed by atoms with Gasteiger partial charge < -0.3 is 4.74 Å². The van der Waals surface area contributed by atoms with Gasteiger partial charge in [0.2, 0.25) is 5.82 Å². The van der Waals surface area contributed by atoms with Crippen LogP contribution < -0.4 is 4.74 Å². The van der Waals surface area contributed by atoms with Crippen LogP contribution >= 0.6 is 10.7 Å². The van der Waals surface area contributed by atoms with Crippen molar-refractivity contribution in [1.82, 2.24) is 0 Å². The Morgan fingerprint density at radius 2 is 1.93 bits per heavy atom. The molecule has 0 bridgehead atoms. The van der Waals surface area contributed by atoms with Crippen molar-refractivity contribution < 1.29 is 21.9 Å². The maximum Gasteiger partial charge on any atom is 0.265 e. The lowest BCUT2D eigenvalue weighted by Crippen LogP contribution is -2.00. The van der Waals surface area contributed by atoms with Crippen molar-refractivity contribution in [1.29, 1.82) is 0 Å². The number of hydrogen-bond acceptors (Lipinski definition) is 3. The van der Waals surface area contributed by atoms with Crippen LogP contribution in [0, 0.1) is 11.6 Å². The zero-order valence-corrected chi connectivity index (χ0v) is 8.49. The Bertz CT molecular complexity index is 458. The topological polar surface area (TPSA) is 43.4 Å². The van der Waals surface area contributed by atoms with Gasteiger partial charge in [0.15, 0.2) is 11.6 Å². The van der Waals surface area contributed by atoms with Gasteiger partial charge in [-0.15, -0.1) is 0 Å². The lowest BCUT2D eigenvalue weighted by atomic mass is 10.3. The van der Waals surface area contributed by atoms with Crippen molar-refractivity contribution >= 4 is 19.7 Å². The van der Waals surface area contributed by atoms with E-state index in [0.29, 0.717) is 6.07 Å². The third-order valence-electron chi connectivity index (χ3n) is 1.48. The molecule has 0 saturated heterocycles. The monoisotopic (exact) mass is 242 g/mol. The van der Waals surface area contributed by atoms with Crippen LogP contribution in [-0.2, 0) is 9.05 Å². The number of methoxy groups -OCH3 is 1. The van der Waals surface area contributed by atoms with Crippen LogP contribution in [0.3, 0.4) is 0 Å². The molecule has 14 heavy (non-hydrogen) atoms. The molecule has 0 amide bonds. The van der Waals surface area contributed by atoms with E-state index in [4.69, 9.17) is 10.7 Å². The molecule has 0 fully saturated rings. The summed E-state index contributed by atoms with van der Waals surface area (Å²) in [5.74, 6) is -3.31. The third kappa shape index (κ3) is 1.96. The quantitative estimate of drug-likeness (QED) is 0.744. The number of halogens is 3. The van der Waals surface area contributed by atoms with Gasteiger partial charge in [-0.3, -0.25) is 0 Å². The summed E-state index contributed by atoms with van der Waals surface area (Å²) in [5, 5.41) is 0. The summed E-state index contributed by atoms with van der Waals surface area (Å²) in [5.41, 5.74) is 0. The summed E-state index contributed by atoms with van der Waals surface area (Å²) in [6.45, 7) is 0. The first-order valence-electron chi connectivity index (χ1n) is 3.34. The molecule has 1 rings (SSSR count). The Morgan fingerprint density at radius 3 is 2.36 bits per heavy atom. The van der Waals surface area contributed by atoms with Gasteiger partial charge in [0.05, 0.1) is 7.11 Å². The second-order valence-electron chi connectivity index (χ2n) is 2.33. The number of rotatable bonds is 2. The van der Waals surface area contributed by atoms with Gasteiger partial charge in [0.1, 0.15) is 4.90 Å². The summed E-state index contributed by atoms with van der Waals surface area (Å²) in [7, 11) is 1.84. The first kappa shape index (κ1) is 11.2. The molecule has 0 N–H and O–H groups in total. The SMILES string of the molecule is COc1c(S(=O)(=O)Cl)ccc(F)c1F. The lowest BCUT2D eigenvalue weighted by molar-refractivity contribution is 0.360. The zero-order valence-electron chi connectivity index (χ0n) is 6.92. The van der Waals surface area contributed by atoms with Crippen molar-refractivity contribution in [3.63, 3.8) is 0 Å². The van der Waals surface area contributed by atoms with Crippen LogP contribution in [0.2, 0.25) is 0 Å². The third-order valence-corrected chi connectivity index (χ3v) is 2.83. The second-order valence-corrected chi connectivity index (χ2v) is 4.86. The minimum absolute atomic E-state index is 0.597. The van der Waals surface area contributed by atoms with E-state index < -0.39 is 31.3 Å². The van der Waals surface area contributed by atoms with E-state index in [1.54, 1.807) is 0 Å². The average Bonchev–Trinajstić information content (AvgIpc) is 2.07. The van der Waals surface area contributed by atoms with Crippen molar-refractivity contribution in [2.45, 2.75) is 4.90 Å². The molecule has 0 aliphatic carbocycles. The average molecular weight is 243 g/mol. The molecule has 78 valence electrons. The largest absolute Gasteiger partial charge is 0.492 e. The Morgan fingerprint density at radius 1 is 1.36 bits per heavy atom. The molecule has 0 radical (unpaired) electrons. The van der Waals surface area contributed by atoms with Crippen LogP contribution in [0.5, 0.6) is 5.75 Å². The van der Waals surface area contributed by atoms with Gasteiger partial charge in [-0.2, -0.15) is 4.39 Å². The smallest absolute Gasteiger partial charge is 0.265 e. The highest BCUT2D eigenvalue weighted by Crippen LogP contribution is 2.30. The van der Waals surface area contributed by atoms with Gasteiger partial charge in [-0.1, -0.05) is 0 Å². The first-order valence-corrected chi connectivity index (χ1v) is 5.65. The molecule has 1 aromatic carbocycles. The number of hydrogen-bond donors (Lipinski definition) is 0. The molecule has 1 aromatic rings. The summed E-state index contributed by atoms with van der Waals surface area (Å²) in [6, 6.07) is 1.49. The van der Waals surface area contributed by atoms with Crippen LogP contribution in [0.15, 0.2) is 17.0 Å². The normalized spacial score (nSPS) is 11.4. The lowest BCUT2D eigenvalue weighted by Gasteiger charge is -2.06. The fourth-order valence-electron chi connectivity index (χ4n) is 0.897. The molecule has 0 heterocycles. The van der Waals surface area contributed by atoms with Gasteiger partial charge in [-0.25, -0.2) is 12.8 Å². The maximum atomic E-state index is 13.0. The van der Waals surface area contributed by atoms with Crippen molar-refractivity contribution in [2.24, 2.45) is 0 Å². The van der Waals surface area contributed by atoms with E-state index in [1.807, 2.05) is 0 Å². The van der Waals surface area contributed by atoms with Gasteiger partial charge in [0.25, 0.3) is 9.05 Å². The summed E-state index contributed by atoms with van der Waals surface area (Å²) in [4.78, 5) is -0.597. The molecule has 0 aliphatic rings. The number of ether oxygens (including phenoxy) is 1. The predicted molar refractivity (Wildman–Crippen MR) is 45.9 cm³/mol. The standard InChI is InChI=1S/C7H5ClF2O3S/c1-13-7-5(14(8,11)12)3-2-4(9)6(7)10/h2-3H,1H3. The minimum Gasteiger partial charge on any atom is -0.492 e. The molecule has 0 atom stereocenters. The van der Waals surface area contributed by atoms with Crippen LogP contribution in [0.25, 0.3) is 0 Å². The van der Waals surface area contributed by atoms with E-state index in [9.17, 15) is 17.2 Å². The summed E-state index contributed by atoms with van der Waals surface area (Å²) < 4.78 is 51.8. The predicted octanol–water partition coefficient (Wildman–Crippen LogP) is 1.90. The molecule has 0 saturated carbocycles. The molecular formula is C7H5ClF2O3S. The molecule has 0 unspecified atom stereocenters. The first-order chi connectivity index (χ1) is 6.38. The molecular weight excluding hydrogens is 238 g/mol. The highest BCUT2D eigenvalue weighted by Gasteiger charge is 2.22. The summed E-state index contributed by atoms with van der Waals surface area (Å²) in [6.07, 6.45) is 0. The highest BCUT2D eigenvalue weighted by molar-refractivity contribution is 8.13. The van der Waals surface area contributed by atoms with E-state index in [-0.39, 0.29) is 0 Å². The Balaban J connectivity index is 3.55. The van der Waals surface area contributed by atoms with Crippen LogP contribution in [0.1, 0.15) is 0 Å². The molecule has 0 aromatic heterocycles. The Labute approximate surface area is 83.7 Å². The Kier molecular flexibility index (Phi) is 2.96. The molecule has 3 nitrogen and oxygen atoms in total.